The van der Waals surface area contributed by atoms with Crippen molar-refractivity contribution >= 4 is 11.9 Å². The van der Waals surface area contributed by atoms with Crippen LogP contribution in [0.2, 0.25) is 0 Å². The van der Waals surface area contributed by atoms with Gasteiger partial charge in [-0.05, 0) is 17.2 Å². The molecule has 110 valence electrons. The standard InChI is InChI=1S/C14H13NO6/c1-21-12-7-10(9-5-3-2-4-6-9)11(8-16)13(17)14(12,18)15(19)20/h2-8,13,17-18H,1H3. The molecule has 0 aliphatic heterocycles. The number of nitrogens with zero attached hydrogens (tertiary/aromatic N) is 1. The maximum absolute atomic E-state index is 11.2. The molecule has 1 aromatic carbocycles. The predicted octanol–water partition coefficient (Wildman–Crippen LogP) is 0.509. The summed E-state index contributed by atoms with van der Waals surface area (Å²) < 4.78 is 4.84. The molecule has 1 aromatic rings. The highest BCUT2D eigenvalue weighted by atomic mass is 16.7. The summed E-state index contributed by atoms with van der Waals surface area (Å²) in [6.45, 7) is 0. The number of hydrogen-bond acceptors (Lipinski definition) is 6. The highest BCUT2D eigenvalue weighted by Gasteiger charge is 2.57. The van der Waals surface area contributed by atoms with E-state index in [0.717, 1.165) is 7.11 Å². The Morgan fingerprint density at radius 2 is 2.00 bits per heavy atom. The van der Waals surface area contributed by atoms with E-state index in [1.54, 1.807) is 30.3 Å². The van der Waals surface area contributed by atoms with Gasteiger partial charge in [0.15, 0.2) is 6.10 Å². The van der Waals surface area contributed by atoms with Gasteiger partial charge in [-0.1, -0.05) is 30.3 Å². The minimum Gasteiger partial charge on any atom is -0.492 e. The summed E-state index contributed by atoms with van der Waals surface area (Å²) in [6, 6.07) is 8.54. The second-order valence-corrected chi connectivity index (χ2v) is 4.45. The van der Waals surface area contributed by atoms with Crippen molar-refractivity contribution in [2.45, 2.75) is 11.8 Å². The number of benzene rings is 1. The molecule has 0 spiro atoms. The van der Waals surface area contributed by atoms with Crippen molar-refractivity contribution in [2.75, 3.05) is 7.11 Å². The molecule has 0 radical (unpaired) electrons. The first-order chi connectivity index (χ1) is 9.96. The van der Waals surface area contributed by atoms with Crippen LogP contribution in [-0.2, 0) is 9.53 Å². The average molecular weight is 291 g/mol. The molecule has 0 saturated heterocycles. The Bertz CT molecular complexity index is 636. The Labute approximate surface area is 119 Å². The second kappa shape index (κ2) is 5.47. The first-order valence-corrected chi connectivity index (χ1v) is 6.02. The minimum atomic E-state index is -2.89. The smallest absolute Gasteiger partial charge is 0.410 e. The summed E-state index contributed by atoms with van der Waals surface area (Å²) in [5.74, 6) is -0.440. The van der Waals surface area contributed by atoms with E-state index in [2.05, 4.69) is 0 Å². The van der Waals surface area contributed by atoms with Crippen LogP contribution < -0.4 is 0 Å². The fourth-order valence-electron chi connectivity index (χ4n) is 2.21. The number of aldehydes is 1. The van der Waals surface area contributed by atoms with Gasteiger partial charge in [0, 0.05) is 5.57 Å². The van der Waals surface area contributed by atoms with Crippen molar-refractivity contribution in [3.63, 3.8) is 0 Å². The molecule has 0 amide bonds. The number of nitro groups is 1. The Morgan fingerprint density at radius 1 is 1.38 bits per heavy atom. The normalized spacial score (nSPS) is 25.3. The van der Waals surface area contributed by atoms with Gasteiger partial charge >= 0.3 is 5.72 Å². The van der Waals surface area contributed by atoms with Gasteiger partial charge in [0.05, 0.1) is 12.0 Å². The van der Waals surface area contributed by atoms with E-state index in [1.807, 2.05) is 0 Å². The van der Waals surface area contributed by atoms with Gasteiger partial charge in [-0.15, -0.1) is 0 Å². The van der Waals surface area contributed by atoms with Crippen molar-refractivity contribution in [3.8, 4) is 0 Å². The van der Waals surface area contributed by atoms with Crippen LogP contribution in [0.1, 0.15) is 5.56 Å². The Morgan fingerprint density at radius 3 is 2.48 bits per heavy atom. The van der Waals surface area contributed by atoms with Crippen molar-refractivity contribution in [3.05, 3.63) is 63.4 Å². The quantitative estimate of drug-likeness (QED) is 0.362. The lowest BCUT2D eigenvalue weighted by Crippen LogP contribution is -2.54. The van der Waals surface area contributed by atoms with E-state index < -0.39 is 22.5 Å². The Hall–Kier alpha value is -2.51. The van der Waals surface area contributed by atoms with Crippen LogP contribution in [0.15, 0.2) is 47.7 Å². The average Bonchev–Trinajstić information content (AvgIpc) is 2.50. The molecule has 21 heavy (non-hydrogen) atoms. The van der Waals surface area contributed by atoms with E-state index in [1.165, 1.54) is 6.08 Å². The van der Waals surface area contributed by atoms with Crippen LogP contribution >= 0.6 is 0 Å². The van der Waals surface area contributed by atoms with Crippen LogP contribution in [0.4, 0.5) is 0 Å². The first-order valence-electron chi connectivity index (χ1n) is 6.02. The molecular formula is C14H13NO6. The molecule has 7 nitrogen and oxygen atoms in total. The van der Waals surface area contributed by atoms with Crippen LogP contribution in [0.3, 0.4) is 0 Å². The van der Waals surface area contributed by atoms with E-state index in [9.17, 15) is 25.1 Å². The number of ether oxygens (including phenoxy) is 1. The van der Waals surface area contributed by atoms with Gasteiger partial charge in [0.2, 0.25) is 5.76 Å². The summed E-state index contributed by atoms with van der Waals surface area (Å²) in [5, 5.41) is 31.3. The number of carbonyl (C=O) groups is 1. The zero-order valence-corrected chi connectivity index (χ0v) is 11.1. The molecule has 0 saturated carbocycles. The number of methoxy groups -OCH3 is 1. The molecule has 0 heterocycles. The topological polar surface area (TPSA) is 110 Å². The third-order valence-electron chi connectivity index (χ3n) is 3.33. The number of carbonyl (C=O) groups excluding carboxylic acids is 1. The lowest BCUT2D eigenvalue weighted by Gasteiger charge is -2.30. The van der Waals surface area contributed by atoms with Crippen molar-refractivity contribution in [2.24, 2.45) is 0 Å². The van der Waals surface area contributed by atoms with Gasteiger partial charge in [-0.25, -0.2) is 0 Å². The van der Waals surface area contributed by atoms with Gasteiger partial charge in [-0.3, -0.25) is 14.9 Å². The SMILES string of the molecule is COC1=CC(c2ccccc2)=C(C=O)C(O)C1(O)[N+](=O)[O-]. The van der Waals surface area contributed by atoms with Gasteiger partial charge < -0.3 is 14.9 Å². The van der Waals surface area contributed by atoms with Gasteiger partial charge in [-0.2, -0.15) is 0 Å². The molecule has 2 rings (SSSR count). The lowest BCUT2D eigenvalue weighted by molar-refractivity contribution is -0.627. The molecule has 2 atom stereocenters. The molecule has 0 fully saturated rings. The molecule has 1 aliphatic rings. The summed E-state index contributed by atoms with van der Waals surface area (Å²) in [6.07, 6.45) is -0.543. The first kappa shape index (κ1) is 14.9. The molecule has 0 bridgehead atoms. The Balaban J connectivity index is 2.68. The maximum Gasteiger partial charge on any atom is 0.410 e. The predicted molar refractivity (Wildman–Crippen MR) is 72.5 cm³/mol. The summed E-state index contributed by atoms with van der Waals surface area (Å²) in [4.78, 5) is 21.2. The molecule has 1 aliphatic carbocycles. The Kier molecular flexibility index (Phi) is 3.88. The van der Waals surface area contributed by atoms with E-state index in [4.69, 9.17) is 4.74 Å². The van der Waals surface area contributed by atoms with Crippen LogP contribution in [0.25, 0.3) is 5.57 Å². The summed E-state index contributed by atoms with van der Waals surface area (Å²) >= 11 is 0. The molecule has 2 unspecified atom stereocenters. The molecular weight excluding hydrogens is 278 g/mol. The van der Waals surface area contributed by atoms with Crippen molar-refractivity contribution in [1.82, 2.24) is 0 Å². The van der Waals surface area contributed by atoms with Gasteiger partial charge in [0.25, 0.3) is 0 Å². The van der Waals surface area contributed by atoms with Crippen molar-refractivity contribution < 1.29 is 24.7 Å². The van der Waals surface area contributed by atoms with Crippen LogP contribution in [0.5, 0.6) is 0 Å². The highest BCUT2D eigenvalue weighted by molar-refractivity contribution is 5.94. The van der Waals surface area contributed by atoms with E-state index >= 15 is 0 Å². The zero-order valence-electron chi connectivity index (χ0n) is 11.1. The molecule has 7 heteroatoms. The van der Waals surface area contributed by atoms with Crippen molar-refractivity contribution in [1.29, 1.82) is 0 Å². The third kappa shape index (κ3) is 2.22. The number of hydrogen-bond donors (Lipinski definition) is 2. The maximum atomic E-state index is 11.2. The number of aliphatic hydroxyl groups excluding tert-OH is 1. The second-order valence-electron chi connectivity index (χ2n) is 4.45. The third-order valence-corrected chi connectivity index (χ3v) is 3.33. The van der Waals surface area contributed by atoms with E-state index in [-0.39, 0.29) is 11.1 Å². The fourth-order valence-corrected chi connectivity index (χ4v) is 2.21. The number of rotatable bonds is 4. The minimum absolute atomic E-state index is 0.265. The van der Waals surface area contributed by atoms with Crippen LogP contribution in [0, 0.1) is 10.1 Å². The highest BCUT2D eigenvalue weighted by Crippen LogP contribution is 2.37. The number of aliphatic hydroxyl groups is 2. The fraction of sp³-hybridized carbons (Fsp3) is 0.214. The molecule has 2 N–H and O–H groups in total. The number of allylic oxidation sites excluding steroid dienone is 2. The zero-order chi connectivity index (χ0) is 15.6. The molecule has 0 aromatic heterocycles. The lowest BCUT2D eigenvalue weighted by atomic mass is 9.85. The summed E-state index contributed by atoms with van der Waals surface area (Å²) in [7, 11) is 1.14. The largest absolute Gasteiger partial charge is 0.492 e. The van der Waals surface area contributed by atoms with Crippen LogP contribution in [-0.4, -0.2) is 40.4 Å². The van der Waals surface area contributed by atoms with Gasteiger partial charge in [0.1, 0.15) is 6.29 Å². The van der Waals surface area contributed by atoms with E-state index in [0.29, 0.717) is 11.8 Å². The summed E-state index contributed by atoms with van der Waals surface area (Å²) in [5.41, 5.74) is -2.33. The monoisotopic (exact) mass is 291 g/mol.